The van der Waals surface area contributed by atoms with Crippen LogP contribution >= 0.6 is 23.5 Å². The zero-order chi connectivity index (χ0) is 26.3. The van der Waals surface area contributed by atoms with Crippen LogP contribution in [0, 0.1) is 5.41 Å². The number of carbonyl (C=O) groups is 5. The number of hydrogen-bond acceptors (Lipinski definition) is 7. The lowest BCUT2D eigenvalue weighted by atomic mass is 9.51. The van der Waals surface area contributed by atoms with Crippen LogP contribution in [0.5, 0.6) is 0 Å². The van der Waals surface area contributed by atoms with Gasteiger partial charge in [0.2, 0.25) is 0 Å². The van der Waals surface area contributed by atoms with Crippen molar-refractivity contribution in [1.29, 1.82) is 0 Å². The molecule has 0 radical (unpaired) electrons. The van der Waals surface area contributed by atoms with Gasteiger partial charge in [-0.1, -0.05) is 27.2 Å². The number of barbiturate groups is 1. The van der Waals surface area contributed by atoms with Gasteiger partial charge in [0.05, 0.1) is 4.24 Å². The lowest BCUT2D eigenvalue weighted by Gasteiger charge is -2.56. The van der Waals surface area contributed by atoms with E-state index in [1.807, 2.05) is 20.8 Å². The lowest BCUT2D eigenvalue weighted by Crippen LogP contribution is -2.65. The summed E-state index contributed by atoms with van der Waals surface area (Å²) in [6.07, 6.45) is 5.52. The summed E-state index contributed by atoms with van der Waals surface area (Å²) in [4.78, 5) is 68.9. The summed E-state index contributed by atoms with van der Waals surface area (Å²) in [5.74, 6) is 0.344. The minimum atomic E-state index is -0.793. The first kappa shape index (κ1) is 27.0. The van der Waals surface area contributed by atoms with Crippen LogP contribution < -0.4 is 5.32 Å². The van der Waals surface area contributed by atoms with E-state index < -0.39 is 23.4 Å². The predicted molar refractivity (Wildman–Crippen MR) is 140 cm³/mol. The highest BCUT2D eigenvalue weighted by atomic mass is 32.2. The van der Waals surface area contributed by atoms with E-state index in [9.17, 15) is 24.0 Å². The van der Waals surface area contributed by atoms with Crippen LogP contribution in [0.4, 0.5) is 9.59 Å². The van der Waals surface area contributed by atoms with Crippen LogP contribution in [0.2, 0.25) is 0 Å². The molecule has 4 rings (SSSR count). The van der Waals surface area contributed by atoms with Crippen molar-refractivity contribution in [2.24, 2.45) is 5.41 Å². The quantitative estimate of drug-likeness (QED) is 0.284. The monoisotopic (exact) mass is 536 g/mol. The average molecular weight is 537 g/mol. The molecule has 0 atom stereocenters. The highest BCUT2D eigenvalue weighted by Crippen LogP contribution is 2.58. The number of urea groups is 2. The van der Waals surface area contributed by atoms with Crippen molar-refractivity contribution < 1.29 is 24.0 Å². The van der Waals surface area contributed by atoms with Crippen LogP contribution in [0.15, 0.2) is 9.81 Å². The average Bonchev–Trinajstić information content (AvgIpc) is 3.04. The van der Waals surface area contributed by atoms with Crippen molar-refractivity contribution in [3.8, 4) is 0 Å². The largest absolute Gasteiger partial charge is 0.334 e. The molecule has 2 aliphatic carbocycles. The Balaban J connectivity index is 1.54. The van der Waals surface area contributed by atoms with Crippen molar-refractivity contribution in [3.63, 3.8) is 0 Å². The molecule has 11 heteroatoms. The van der Waals surface area contributed by atoms with Gasteiger partial charge < -0.3 is 5.32 Å². The van der Waals surface area contributed by atoms with Gasteiger partial charge in [0.15, 0.2) is 0 Å². The fourth-order valence-electron chi connectivity index (χ4n) is 6.16. The van der Waals surface area contributed by atoms with Crippen molar-refractivity contribution >= 4 is 53.3 Å². The second-order valence-corrected chi connectivity index (χ2v) is 13.1. The SMILES string of the molecule is CCCCN1C(=O)C(=C(SCC)SCC)C(=O)N(C2CCC3(CC2)CC2(C3)NC(=O)N(C)C2=O)C1=O. The third-order valence-corrected chi connectivity index (χ3v) is 10.1. The number of unbranched alkanes of at least 4 members (excludes halogenated alkanes) is 1. The van der Waals surface area contributed by atoms with Gasteiger partial charge in [-0.2, -0.15) is 0 Å². The van der Waals surface area contributed by atoms with Gasteiger partial charge in [-0.05, 0) is 61.9 Å². The summed E-state index contributed by atoms with van der Waals surface area (Å²) in [7, 11) is 1.50. The second kappa shape index (κ2) is 10.4. The molecule has 0 bridgehead atoms. The maximum absolute atomic E-state index is 13.7. The van der Waals surface area contributed by atoms with Gasteiger partial charge >= 0.3 is 12.1 Å². The zero-order valence-electron chi connectivity index (χ0n) is 21.6. The number of amides is 7. The van der Waals surface area contributed by atoms with Gasteiger partial charge in [-0.25, -0.2) is 9.59 Å². The molecular weight excluding hydrogens is 500 g/mol. The first-order valence-corrected chi connectivity index (χ1v) is 14.9. The zero-order valence-corrected chi connectivity index (χ0v) is 23.2. The minimum Gasteiger partial charge on any atom is -0.323 e. The van der Waals surface area contributed by atoms with Gasteiger partial charge in [-0.15, -0.1) is 23.5 Å². The number of hydrogen-bond donors (Lipinski definition) is 1. The van der Waals surface area contributed by atoms with E-state index in [0.29, 0.717) is 42.9 Å². The molecule has 0 aromatic heterocycles. The summed E-state index contributed by atoms with van der Waals surface area (Å²) in [5, 5.41) is 2.86. The van der Waals surface area contributed by atoms with Crippen molar-refractivity contribution in [2.75, 3.05) is 25.1 Å². The van der Waals surface area contributed by atoms with Crippen LogP contribution in [0.1, 0.15) is 72.1 Å². The lowest BCUT2D eigenvalue weighted by molar-refractivity contribution is -0.143. The summed E-state index contributed by atoms with van der Waals surface area (Å²) in [5.41, 5.74) is -0.725. The number of imide groups is 3. The van der Waals surface area contributed by atoms with E-state index in [0.717, 1.165) is 35.7 Å². The molecule has 2 heterocycles. The molecule has 4 aliphatic rings. The predicted octanol–water partition coefficient (Wildman–Crippen LogP) is 3.94. The molecule has 9 nitrogen and oxygen atoms in total. The van der Waals surface area contributed by atoms with E-state index in [1.54, 1.807) is 0 Å². The van der Waals surface area contributed by atoms with Gasteiger partial charge in [0.1, 0.15) is 11.1 Å². The van der Waals surface area contributed by atoms with Gasteiger partial charge in [-0.3, -0.25) is 29.1 Å². The second-order valence-electron chi connectivity index (χ2n) is 10.3. The smallest absolute Gasteiger partial charge is 0.323 e. The fraction of sp³-hybridized carbons (Fsp3) is 0.720. The summed E-state index contributed by atoms with van der Waals surface area (Å²) >= 11 is 2.96. The highest BCUT2D eigenvalue weighted by Gasteiger charge is 2.64. The Bertz CT molecular complexity index is 988. The Kier molecular flexibility index (Phi) is 7.81. The van der Waals surface area contributed by atoms with Crippen LogP contribution in [-0.2, 0) is 14.4 Å². The molecule has 2 saturated heterocycles. The van der Waals surface area contributed by atoms with Crippen molar-refractivity contribution in [2.45, 2.75) is 83.7 Å². The van der Waals surface area contributed by atoms with Crippen LogP contribution in [0.3, 0.4) is 0 Å². The third-order valence-electron chi connectivity index (χ3n) is 7.92. The van der Waals surface area contributed by atoms with Crippen LogP contribution in [-0.4, -0.2) is 81.2 Å². The van der Waals surface area contributed by atoms with E-state index >= 15 is 0 Å². The molecule has 2 aliphatic heterocycles. The van der Waals surface area contributed by atoms with Gasteiger partial charge in [0.25, 0.3) is 17.7 Å². The fourth-order valence-corrected chi connectivity index (χ4v) is 8.36. The van der Waals surface area contributed by atoms with Crippen LogP contribution in [0.25, 0.3) is 0 Å². The number of nitrogens with zero attached hydrogens (tertiary/aromatic N) is 3. The molecule has 2 spiro atoms. The first-order chi connectivity index (χ1) is 17.1. The summed E-state index contributed by atoms with van der Waals surface area (Å²) < 4.78 is 0.696. The minimum absolute atomic E-state index is 0.0653. The molecule has 1 N–H and O–H groups in total. The Morgan fingerprint density at radius 1 is 0.972 bits per heavy atom. The molecule has 0 unspecified atom stereocenters. The third kappa shape index (κ3) is 4.46. The topological polar surface area (TPSA) is 107 Å². The Morgan fingerprint density at radius 2 is 1.58 bits per heavy atom. The molecule has 36 heavy (non-hydrogen) atoms. The van der Waals surface area contributed by atoms with Crippen molar-refractivity contribution in [3.05, 3.63) is 9.81 Å². The standard InChI is InChI=1S/C25H36N4O5S2/c1-5-8-13-28-18(30)17(20(35-6-2)36-7-3)19(31)29(23(28)34)16-9-11-24(12-10-16)14-25(15-24)21(32)27(4)22(33)26-25/h16H,5-15H2,1-4H3,(H,26,33). The maximum Gasteiger partial charge on any atom is 0.334 e. The van der Waals surface area contributed by atoms with E-state index in [4.69, 9.17) is 0 Å². The molecule has 7 amide bonds. The van der Waals surface area contributed by atoms with E-state index in [-0.39, 0.29) is 29.0 Å². The number of carbonyl (C=O) groups excluding carboxylic acids is 5. The summed E-state index contributed by atoms with van der Waals surface area (Å²) in [6.45, 7) is 6.28. The maximum atomic E-state index is 13.7. The summed E-state index contributed by atoms with van der Waals surface area (Å²) in [6, 6.07) is -1.14. The van der Waals surface area contributed by atoms with Gasteiger partial charge in [0, 0.05) is 19.6 Å². The normalized spacial score (nSPS) is 30.6. The van der Waals surface area contributed by atoms with Crippen molar-refractivity contribution in [1.82, 2.24) is 20.0 Å². The molecule has 198 valence electrons. The highest BCUT2D eigenvalue weighted by molar-refractivity contribution is 8.22. The number of nitrogens with one attached hydrogen (secondary N) is 1. The molecule has 0 aromatic rings. The number of thioether (sulfide) groups is 2. The van der Waals surface area contributed by atoms with E-state index in [2.05, 4.69) is 5.32 Å². The Hall–Kier alpha value is -2.01. The number of rotatable bonds is 8. The first-order valence-electron chi connectivity index (χ1n) is 12.9. The molecule has 2 saturated carbocycles. The molecular formula is C25H36N4O5S2. The Labute approximate surface area is 221 Å². The van der Waals surface area contributed by atoms with E-state index in [1.165, 1.54) is 40.4 Å². The molecule has 0 aromatic carbocycles. The number of likely N-dealkylation sites (N-methyl/N-ethyl adjacent to an activating group) is 1. The molecule has 4 fully saturated rings. The Morgan fingerprint density at radius 3 is 2.08 bits per heavy atom.